The van der Waals surface area contributed by atoms with E-state index in [1.54, 1.807) is 4.68 Å². The molecule has 0 aliphatic carbocycles. The SMILES string of the molecule is CC(C)c1ccc(Cn2nc(N)c3ncc(-c4cnn(C)c4)cc32)cc1. The fourth-order valence-electron chi connectivity index (χ4n) is 3.11. The summed E-state index contributed by atoms with van der Waals surface area (Å²) < 4.78 is 3.70. The number of rotatable bonds is 4. The number of aryl methyl sites for hydroxylation is 1. The number of benzene rings is 1. The molecule has 1 aromatic carbocycles. The topological polar surface area (TPSA) is 74.6 Å². The van der Waals surface area contributed by atoms with Gasteiger partial charge in [0, 0.05) is 30.6 Å². The normalized spacial score (nSPS) is 11.5. The van der Waals surface area contributed by atoms with Crippen molar-refractivity contribution < 1.29 is 0 Å². The maximum absolute atomic E-state index is 6.08. The van der Waals surface area contributed by atoms with Crippen LogP contribution in [0.4, 0.5) is 5.82 Å². The first-order valence-electron chi connectivity index (χ1n) is 8.71. The predicted octanol–water partition coefficient (Wildman–Crippen LogP) is 3.59. The Hall–Kier alpha value is -3.15. The highest BCUT2D eigenvalue weighted by molar-refractivity contribution is 5.88. The molecule has 0 atom stereocenters. The lowest BCUT2D eigenvalue weighted by atomic mass is 10.0. The standard InChI is InChI=1S/C20H22N6/c1-13(2)15-6-4-14(5-7-15)11-26-18-8-16(17-10-23-25(3)12-17)9-22-19(18)20(21)24-26/h4-10,12-13H,11H2,1-3H3,(H2,21,24). The van der Waals surface area contributed by atoms with Crippen LogP contribution in [0.5, 0.6) is 0 Å². The molecule has 4 aromatic rings. The maximum Gasteiger partial charge on any atom is 0.172 e. The number of nitrogens with two attached hydrogens (primary N) is 1. The smallest absolute Gasteiger partial charge is 0.172 e. The van der Waals surface area contributed by atoms with E-state index in [-0.39, 0.29) is 0 Å². The van der Waals surface area contributed by atoms with Crippen LogP contribution in [-0.2, 0) is 13.6 Å². The van der Waals surface area contributed by atoms with Crippen LogP contribution < -0.4 is 5.73 Å². The zero-order valence-electron chi connectivity index (χ0n) is 15.2. The zero-order chi connectivity index (χ0) is 18.3. The predicted molar refractivity (Wildman–Crippen MR) is 104 cm³/mol. The van der Waals surface area contributed by atoms with Gasteiger partial charge >= 0.3 is 0 Å². The molecule has 0 saturated heterocycles. The molecule has 0 unspecified atom stereocenters. The lowest BCUT2D eigenvalue weighted by molar-refractivity contribution is 0.715. The molecule has 0 amide bonds. The zero-order valence-corrected chi connectivity index (χ0v) is 15.2. The monoisotopic (exact) mass is 346 g/mol. The molecular formula is C20H22N6. The largest absolute Gasteiger partial charge is 0.380 e. The van der Waals surface area contributed by atoms with E-state index >= 15 is 0 Å². The minimum absolute atomic E-state index is 0.455. The van der Waals surface area contributed by atoms with E-state index in [2.05, 4.69) is 59.4 Å². The fraction of sp³-hybridized carbons (Fsp3) is 0.250. The number of fused-ring (bicyclic) bond motifs is 1. The molecule has 3 aromatic heterocycles. The van der Waals surface area contributed by atoms with Crippen molar-refractivity contribution in [2.24, 2.45) is 7.05 Å². The second kappa shape index (κ2) is 6.29. The second-order valence-electron chi connectivity index (χ2n) is 6.93. The lowest BCUT2D eigenvalue weighted by Crippen LogP contribution is -2.02. The number of anilines is 1. The van der Waals surface area contributed by atoms with E-state index in [1.165, 1.54) is 11.1 Å². The molecule has 0 aliphatic heterocycles. The molecule has 4 rings (SSSR count). The summed E-state index contributed by atoms with van der Waals surface area (Å²) in [6, 6.07) is 10.7. The Labute approximate surface area is 152 Å². The van der Waals surface area contributed by atoms with E-state index in [4.69, 9.17) is 5.73 Å². The summed E-state index contributed by atoms with van der Waals surface area (Å²) in [4.78, 5) is 4.52. The Morgan fingerprint density at radius 1 is 1.08 bits per heavy atom. The molecule has 0 bridgehead atoms. The molecule has 6 nitrogen and oxygen atoms in total. The summed E-state index contributed by atoms with van der Waals surface area (Å²) in [6.45, 7) is 5.05. The molecule has 0 fully saturated rings. The van der Waals surface area contributed by atoms with Crippen molar-refractivity contribution in [3.05, 3.63) is 60.0 Å². The van der Waals surface area contributed by atoms with Gasteiger partial charge in [-0.05, 0) is 23.1 Å². The first-order valence-corrected chi connectivity index (χ1v) is 8.71. The van der Waals surface area contributed by atoms with Gasteiger partial charge in [-0.1, -0.05) is 38.1 Å². The van der Waals surface area contributed by atoms with Crippen LogP contribution in [0.1, 0.15) is 30.9 Å². The van der Waals surface area contributed by atoms with Crippen LogP contribution in [0.2, 0.25) is 0 Å². The van der Waals surface area contributed by atoms with E-state index in [9.17, 15) is 0 Å². The highest BCUT2D eigenvalue weighted by Gasteiger charge is 2.12. The van der Waals surface area contributed by atoms with Crippen molar-refractivity contribution in [2.75, 3.05) is 5.73 Å². The maximum atomic E-state index is 6.08. The molecule has 0 radical (unpaired) electrons. The molecule has 3 heterocycles. The minimum Gasteiger partial charge on any atom is -0.380 e. The van der Waals surface area contributed by atoms with Crippen molar-refractivity contribution in [2.45, 2.75) is 26.3 Å². The summed E-state index contributed by atoms with van der Waals surface area (Å²) in [7, 11) is 1.90. The highest BCUT2D eigenvalue weighted by Crippen LogP contribution is 2.26. The number of nitrogen functional groups attached to an aromatic ring is 1. The summed E-state index contributed by atoms with van der Waals surface area (Å²) in [6.07, 6.45) is 5.62. The summed E-state index contributed by atoms with van der Waals surface area (Å²) in [5.41, 5.74) is 12.3. The summed E-state index contributed by atoms with van der Waals surface area (Å²) in [5.74, 6) is 0.980. The van der Waals surface area contributed by atoms with Gasteiger partial charge in [0.2, 0.25) is 0 Å². The van der Waals surface area contributed by atoms with Gasteiger partial charge in [-0.2, -0.15) is 10.2 Å². The molecular weight excluding hydrogens is 324 g/mol. The molecule has 2 N–H and O–H groups in total. The van der Waals surface area contributed by atoms with Gasteiger partial charge in [-0.3, -0.25) is 14.3 Å². The first kappa shape index (κ1) is 16.3. The van der Waals surface area contributed by atoms with Crippen molar-refractivity contribution in [1.82, 2.24) is 24.5 Å². The molecule has 0 aliphatic rings. The molecule has 0 spiro atoms. The number of hydrogen-bond acceptors (Lipinski definition) is 4. The average molecular weight is 346 g/mol. The summed E-state index contributed by atoms with van der Waals surface area (Å²) >= 11 is 0. The van der Waals surface area contributed by atoms with Gasteiger partial charge in [0.15, 0.2) is 5.82 Å². The van der Waals surface area contributed by atoms with Gasteiger partial charge in [-0.25, -0.2) is 0 Å². The van der Waals surface area contributed by atoms with Crippen molar-refractivity contribution >= 4 is 16.9 Å². The Kier molecular flexibility index (Phi) is 3.95. The van der Waals surface area contributed by atoms with Crippen LogP contribution in [0, 0.1) is 0 Å². The third-order valence-electron chi connectivity index (χ3n) is 4.63. The van der Waals surface area contributed by atoms with Crippen molar-refractivity contribution in [1.29, 1.82) is 0 Å². The quantitative estimate of drug-likeness (QED) is 0.613. The van der Waals surface area contributed by atoms with Gasteiger partial charge in [0.1, 0.15) is 5.52 Å². The molecule has 0 saturated carbocycles. The van der Waals surface area contributed by atoms with Gasteiger partial charge < -0.3 is 5.73 Å². The van der Waals surface area contributed by atoms with Gasteiger partial charge in [0.25, 0.3) is 0 Å². The van der Waals surface area contributed by atoms with E-state index in [0.717, 1.165) is 22.2 Å². The van der Waals surface area contributed by atoms with Crippen LogP contribution >= 0.6 is 0 Å². The van der Waals surface area contributed by atoms with E-state index in [1.807, 2.05) is 30.3 Å². The number of aromatic nitrogens is 5. The summed E-state index contributed by atoms with van der Waals surface area (Å²) in [5, 5.41) is 8.73. The Morgan fingerprint density at radius 3 is 2.50 bits per heavy atom. The Morgan fingerprint density at radius 2 is 1.85 bits per heavy atom. The molecule has 26 heavy (non-hydrogen) atoms. The minimum atomic E-state index is 0.455. The van der Waals surface area contributed by atoms with Crippen LogP contribution in [0.15, 0.2) is 48.9 Å². The van der Waals surface area contributed by atoms with Crippen molar-refractivity contribution in [3.8, 4) is 11.1 Å². The average Bonchev–Trinajstić information content (AvgIpc) is 3.19. The number of hydrogen-bond donors (Lipinski definition) is 1. The second-order valence-corrected chi connectivity index (χ2v) is 6.93. The van der Waals surface area contributed by atoms with Crippen LogP contribution in [0.25, 0.3) is 22.2 Å². The highest BCUT2D eigenvalue weighted by atomic mass is 15.3. The van der Waals surface area contributed by atoms with E-state index in [0.29, 0.717) is 18.3 Å². The van der Waals surface area contributed by atoms with Gasteiger partial charge in [-0.15, -0.1) is 0 Å². The van der Waals surface area contributed by atoms with Crippen LogP contribution in [-0.4, -0.2) is 24.5 Å². The van der Waals surface area contributed by atoms with E-state index < -0.39 is 0 Å². The molecule has 132 valence electrons. The number of pyridine rings is 1. The number of nitrogens with zero attached hydrogens (tertiary/aromatic N) is 5. The fourth-order valence-corrected chi connectivity index (χ4v) is 3.11. The van der Waals surface area contributed by atoms with Gasteiger partial charge in [0.05, 0.1) is 18.3 Å². The molecule has 6 heteroatoms. The van der Waals surface area contributed by atoms with Crippen LogP contribution in [0.3, 0.4) is 0 Å². The van der Waals surface area contributed by atoms with Crippen molar-refractivity contribution in [3.63, 3.8) is 0 Å². The first-order chi connectivity index (χ1) is 12.5. The third-order valence-corrected chi connectivity index (χ3v) is 4.63. The third kappa shape index (κ3) is 2.94. The Bertz CT molecular complexity index is 1060. The Balaban J connectivity index is 1.72. The lowest BCUT2D eigenvalue weighted by Gasteiger charge is -2.08.